The molecule has 0 atom stereocenters. The van der Waals surface area contributed by atoms with Gasteiger partial charge in [0.05, 0.1) is 0 Å². The lowest BCUT2D eigenvalue weighted by atomic mass is 9.47. The number of benzene rings is 1. The Balaban J connectivity index is 1.75. The average Bonchev–Trinajstić information content (AvgIpc) is 2.38. The van der Waals surface area contributed by atoms with E-state index in [-0.39, 0.29) is 0 Å². The van der Waals surface area contributed by atoms with E-state index in [4.69, 9.17) is 0 Å². The molecule has 4 bridgehead atoms. The van der Waals surface area contributed by atoms with E-state index in [2.05, 4.69) is 36.6 Å². The first-order chi connectivity index (χ1) is 9.29. The SMILES string of the molecule is CNCc1ccccc1C12CC3CC(CC(C3)C1)C2. The van der Waals surface area contributed by atoms with Crippen LogP contribution in [-0.2, 0) is 12.0 Å². The van der Waals surface area contributed by atoms with Crippen molar-refractivity contribution in [1.29, 1.82) is 0 Å². The molecule has 1 nitrogen and oxygen atoms in total. The maximum absolute atomic E-state index is 3.36. The Morgan fingerprint density at radius 1 is 1.00 bits per heavy atom. The van der Waals surface area contributed by atoms with Crippen LogP contribution in [0.25, 0.3) is 0 Å². The van der Waals surface area contributed by atoms with Crippen molar-refractivity contribution < 1.29 is 0 Å². The van der Waals surface area contributed by atoms with Crippen LogP contribution in [0.15, 0.2) is 24.3 Å². The highest BCUT2D eigenvalue weighted by molar-refractivity contribution is 5.36. The van der Waals surface area contributed by atoms with E-state index in [1.54, 1.807) is 11.1 Å². The maximum atomic E-state index is 3.36. The zero-order valence-electron chi connectivity index (χ0n) is 12.0. The molecule has 0 aromatic heterocycles. The molecule has 4 aliphatic carbocycles. The van der Waals surface area contributed by atoms with Crippen LogP contribution in [0.2, 0.25) is 0 Å². The second-order valence-corrected chi connectivity index (χ2v) is 7.39. The summed E-state index contributed by atoms with van der Waals surface area (Å²) in [6.45, 7) is 1.03. The van der Waals surface area contributed by atoms with Gasteiger partial charge in [0.15, 0.2) is 0 Å². The predicted molar refractivity (Wildman–Crippen MR) is 79.1 cm³/mol. The molecule has 5 rings (SSSR count). The molecule has 4 saturated carbocycles. The lowest BCUT2D eigenvalue weighted by Gasteiger charge is -2.57. The first kappa shape index (κ1) is 12.0. The van der Waals surface area contributed by atoms with Crippen LogP contribution >= 0.6 is 0 Å². The van der Waals surface area contributed by atoms with Gasteiger partial charge >= 0.3 is 0 Å². The number of hydrogen-bond acceptors (Lipinski definition) is 1. The predicted octanol–water partition coefficient (Wildman–Crippen LogP) is 3.87. The minimum absolute atomic E-state index is 0.544. The normalized spacial score (nSPS) is 39.7. The average molecular weight is 255 g/mol. The zero-order valence-corrected chi connectivity index (χ0v) is 12.0. The standard InChI is InChI=1S/C18H25N/c1-19-12-16-4-2-3-5-17(16)18-9-13-6-14(10-18)8-15(7-13)11-18/h2-5,13-15,19H,6-12H2,1H3. The third-order valence-corrected chi connectivity index (χ3v) is 5.99. The van der Waals surface area contributed by atoms with Gasteiger partial charge in [-0.1, -0.05) is 24.3 Å². The second kappa shape index (κ2) is 4.34. The van der Waals surface area contributed by atoms with Crippen molar-refractivity contribution in [2.75, 3.05) is 7.05 Å². The molecule has 0 radical (unpaired) electrons. The van der Waals surface area contributed by atoms with Crippen LogP contribution in [0.3, 0.4) is 0 Å². The van der Waals surface area contributed by atoms with Gasteiger partial charge in [-0.05, 0) is 79.9 Å². The number of rotatable bonds is 3. The van der Waals surface area contributed by atoms with E-state index in [1.807, 2.05) is 0 Å². The highest BCUT2D eigenvalue weighted by Crippen LogP contribution is 2.61. The smallest absolute Gasteiger partial charge is 0.0205 e. The molecule has 1 aromatic carbocycles. The highest BCUT2D eigenvalue weighted by Gasteiger charge is 2.51. The van der Waals surface area contributed by atoms with E-state index in [0.29, 0.717) is 5.41 Å². The summed E-state index contributed by atoms with van der Waals surface area (Å²) in [6, 6.07) is 9.23. The molecule has 19 heavy (non-hydrogen) atoms. The summed E-state index contributed by atoms with van der Waals surface area (Å²) in [7, 11) is 2.07. The van der Waals surface area contributed by atoms with Gasteiger partial charge in [0.2, 0.25) is 0 Å². The van der Waals surface area contributed by atoms with E-state index in [0.717, 1.165) is 24.3 Å². The summed E-state index contributed by atoms with van der Waals surface area (Å²) in [6.07, 6.45) is 9.02. The Hall–Kier alpha value is -0.820. The van der Waals surface area contributed by atoms with Crippen molar-refractivity contribution in [1.82, 2.24) is 5.32 Å². The summed E-state index contributed by atoms with van der Waals surface area (Å²) in [4.78, 5) is 0. The van der Waals surface area contributed by atoms with Crippen molar-refractivity contribution in [3.63, 3.8) is 0 Å². The first-order valence-corrected chi connectivity index (χ1v) is 8.02. The van der Waals surface area contributed by atoms with Crippen LogP contribution < -0.4 is 5.32 Å². The molecular formula is C18H25N. The summed E-state index contributed by atoms with van der Waals surface area (Å²) in [5, 5.41) is 3.36. The Labute approximate surface area is 116 Å². The summed E-state index contributed by atoms with van der Waals surface area (Å²) < 4.78 is 0. The fourth-order valence-electron chi connectivity index (χ4n) is 5.82. The molecular weight excluding hydrogens is 230 g/mol. The van der Waals surface area contributed by atoms with Crippen molar-refractivity contribution in [3.8, 4) is 0 Å². The van der Waals surface area contributed by atoms with Gasteiger partial charge < -0.3 is 5.32 Å². The van der Waals surface area contributed by atoms with Gasteiger partial charge in [0.1, 0.15) is 0 Å². The molecule has 0 heterocycles. The minimum Gasteiger partial charge on any atom is -0.316 e. The Morgan fingerprint density at radius 2 is 1.58 bits per heavy atom. The third-order valence-electron chi connectivity index (χ3n) is 5.99. The Kier molecular flexibility index (Phi) is 2.73. The molecule has 0 spiro atoms. The monoisotopic (exact) mass is 255 g/mol. The van der Waals surface area contributed by atoms with Crippen molar-refractivity contribution in [2.24, 2.45) is 17.8 Å². The molecule has 0 unspecified atom stereocenters. The molecule has 1 N–H and O–H groups in total. The number of nitrogens with one attached hydrogen (secondary N) is 1. The lowest BCUT2D eigenvalue weighted by Crippen LogP contribution is -2.49. The van der Waals surface area contributed by atoms with Crippen LogP contribution in [0, 0.1) is 17.8 Å². The largest absolute Gasteiger partial charge is 0.316 e. The minimum atomic E-state index is 0.544. The molecule has 1 heteroatoms. The van der Waals surface area contributed by atoms with Crippen LogP contribution in [0.5, 0.6) is 0 Å². The quantitative estimate of drug-likeness (QED) is 0.864. The summed E-state index contributed by atoms with van der Waals surface area (Å²) in [5.41, 5.74) is 3.78. The zero-order chi connectivity index (χ0) is 12.9. The van der Waals surface area contributed by atoms with Gasteiger partial charge in [-0.2, -0.15) is 0 Å². The van der Waals surface area contributed by atoms with Gasteiger partial charge in [-0.3, -0.25) is 0 Å². The highest BCUT2D eigenvalue weighted by atomic mass is 14.8. The van der Waals surface area contributed by atoms with Crippen molar-refractivity contribution >= 4 is 0 Å². The van der Waals surface area contributed by atoms with Crippen LogP contribution in [0.4, 0.5) is 0 Å². The summed E-state index contributed by atoms with van der Waals surface area (Å²) >= 11 is 0. The summed E-state index contributed by atoms with van der Waals surface area (Å²) in [5.74, 6) is 3.11. The van der Waals surface area contributed by atoms with E-state index < -0.39 is 0 Å². The fourth-order valence-corrected chi connectivity index (χ4v) is 5.82. The Morgan fingerprint density at radius 3 is 2.16 bits per heavy atom. The van der Waals surface area contributed by atoms with E-state index >= 15 is 0 Å². The Bertz CT molecular complexity index is 441. The van der Waals surface area contributed by atoms with Gasteiger partial charge in [0.25, 0.3) is 0 Å². The molecule has 0 aliphatic heterocycles. The van der Waals surface area contributed by atoms with Gasteiger partial charge in [-0.25, -0.2) is 0 Å². The van der Waals surface area contributed by atoms with Crippen molar-refractivity contribution in [3.05, 3.63) is 35.4 Å². The van der Waals surface area contributed by atoms with Gasteiger partial charge in [0, 0.05) is 6.54 Å². The fraction of sp³-hybridized carbons (Fsp3) is 0.667. The molecule has 102 valence electrons. The maximum Gasteiger partial charge on any atom is 0.0205 e. The molecule has 4 fully saturated rings. The molecule has 1 aromatic rings. The number of hydrogen-bond donors (Lipinski definition) is 1. The van der Waals surface area contributed by atoms with Crippen molar-refractivity contribution in [2.45, 2.75) is 50.5 Å². The molecule has 0 saturated heterocycles. The van der Waals surface area contributed by atoms with Gasteiger partial charge in [-0.15, -0.1) is 0 Å². The third kappa shape index (κ3) is 1.86. The van der Waals surface area contributed by atoms with Crippen LogP contribution in [0.1, 0.15) is 49.7 Å². The topological polar surface area (TPSA) is 12.0 Å². The second-order valence-electron chi connectivity index (χ2n) is 7.39. The van der Waals surface area contributed by atoms with Crippen LogP contribution in [-0.4, -0.2) is 7.05 Å². The lowest BCUT2D eigenvalue weighted by molar-refractivity contribution is -0.00560. The molecule has 4 aliphatic rings. The van der Waals surface area contributed by atoms with E-state index in [1.165, 1.54) is 38.5 Å². The first-order valence-electron chi connectivity index (χ1n) is 8.02. The van der Waals surface area contributed by atoms with E-state index in [9.17, 15) is 0 Å². The molecule has 0 amide bonds.